The summed E-state index contributed by atoms with van der Waals surface area (Å²) in [6.45, 7) is 6.76. The number of pyridine rings is 1. The number of hydrogen-bond acceptors (Lipinski definition) is 18. The number of non-ortho nitro benzene ring substituents is 2. The van der Waals surface area contributed by atoms with Crippen LogP contribution in [0.1, 0.15) is 129 Å². The van der Waals surface area contributed by atoms with E-state index in [9.17, 15) is 47.8 Å². The number of halogens is 3. The average molecular weight is 1090 g/mol. The van der Waals surface area contributed by atoms with Gasteiger partial charge in [0.15, 0.2) is 11.6 Å². The van der Waals surface area contributed by atoms with Crippen LogP contribution in [0.2, 0.25) is 0 Å². The third-order valence-electron chi connectivity index (χ3n) is 12.1. The number of nitro groups is 2. The molecule has 76 heavy (non-hydrogen) atoms. The monoisotopic (exact) mass is 1090 g/mol. The first kappa shape index (κ1) is 56.1. The number of nitrogens with one attached hydrogen (secondary N) is 3. The molecule has 0 spiro atoms. The zero-order valence-electron chi connectivity index (χ0n) is 41.5. The van der Waals surface area contributed by atoms with Gasteiger partial charge < -0.3 is 26.4 Å². The van der Waals surface area contributed by atoms with Crippen LogP contribution in [0.3, 0.4) is 0 Å². The van der Waals surface area contributed by atoms with E-state index >= 15 is 0 Å². The molecular formula is C48H54F3N15O8S2. The highest BCUT2D eigenvalue weighted by atomic mass is 32.2. The Balaban J connectivity index is 0.000000226. The summed E-state index contributed by atoms with van der Waals surface area (Å²) in [6.07, 6.45) is 9.97. The minimum Gasteiger partial charge on any atom is -0.444 e. The van der Waals surface area contributed by atoms with Crippen molar-refractivity contribution in [1.82, 2.24) is 50.7 Å². The van der Waals surface area contributed by atoms with Gasteiger partial charge in [0.05, 0.1) is 21.0 Å². The van der Waals surface area contributed by atoms with Crippen molar-refractivity contribution in [2.75, 3.05) is 23.7 Å². The first-order valence-corrected chi connectivity index (χ1v) is 25.9. The van der Waals surface area contributed by atoms with E-state index in [1.165, 1.54) is 51.8 Å². The molecule has 2 aliphatic rings. The summed E-state index contributed by atoms with van der Waals surface area (Å²) in [7, 11) is 0. The van der Waals surface area contributed by atoms with Crippen molar-refractivity contribution in [2.45, 2.75) is 136 Å². The second kappa shape index (κ2) is 25.8. The van der Waals surface area contributed by atoms with Crippen LogP contribution in [0.5, 0.6) is 0 Å². The molecule has 6 aromatic rings. The van der Waals surface area contributed by atoms with Crippen LogP contribution in [0.25, 0.3) is 0 Å². The molecule has 3 amide bonds. The van der Waals surface area contributed by atoms with Gasteiger partial charge in [-0.05, 0) is 164 Å². The highest BCUT2D eigenvalue weighted by Crippen LogP contribution is 2.38. The lowest BCUT2D eigenvalue weighted by Crippen LogP contribution is -2.33. The molecule has 3 aromatic carbocycles. The van der Waals surface area contributed by atoms with Gasteiger partial charge in [0, 0.05) is 59.9 Å². The number of alkyl carbamates (subject to hydrolysis) is 1. The molecule has 2 fully saturated rings. The fraction of sp³-hybridized carbons (Fsp3) is 0.417. The second-order valence-electron chi connectivity index (χ2n) is 18.7. The lowest BCUT2D eigenvalue weighted by molar-refractivity contribution is -0.385. The van der Waals surface area contributed by atoms with Crippen LogP contribution < -0.4 is 21.7 Å². The lowest BCUT2D eigenvalue weighted by atomic mass is 9.97. The molecule has 3 heterocycles. The number of hydrogen-bond donors (Lipinski definition) is 4. The van der Waals surface area contributed by atoms with Gasteiger partial charge in [-0.2, -0.15) is 0 Å². The number of carbonyl (C=O) groups excluding carboxylic acids is 3. The molecule has 402 valence electrons. The first-order chi connectivity index (χ1) is 36.4. The smallest absolute Gasteiger partial charge is 0.407 e. The zero-order valence-corrected chi connectivity index (χ0v) is 43.2. The van der Waals surface area contributed by atoms with Gasteiger partial charge in [0.25, 0.3) is 23.2 Å². The molecule has 28 heteroatoms. The molecule has 0 unspecified atom stereocenters. The summed E-state index contributed by atoms with van der Waals surface area (Å²) in [5, 5.41) is 53.7. The number of tetrazole rings is 2. The van der Waals surface area contributed by atoms with E-state index in [1.54, 1.807) is 27.0 Å². The minimum atomic E-state index is -0.937. The Labute approximate surface area is 441 Å². The highest BCUT2D eigenvalue weighted by Gasteiger charge is 2.27. The molecule has 8 rings (SSSR count). The van der Waals surface area contributed by atoms with E-state index in [0.717, 1.165) is 92.6 Å². The van der Waals surface area contributed by atoms with Crippen LogP contribution in [0.4, 0.5) is 40.8 Å². The van der Waals surface area contributed by atoms with Gasteiger partial charge >= 0.3 is 6.09 Å². The number of aryl methyl sites for hydroxylation is 2. The van der Waals surface area contributed by atoms with Crippen LogP contribution >= 0.6 is 23.5 Å². The number of aromatic nitrogens is 9. The van der Waals surface area contributed by atoms with Gasteiger partial charge in [0.1, 0.15) is 22.9 Å². The number of rotatable bonds is 19. The normalized spacial score (nSPS) is 13.7. The maximum absolute atomic E-state index is 15.0. The number of ether oxygens (including phenoxy) is 1. The molecule has 2 aliphatic carbocycles. The molecule has 5 N–H and O–H groups in total. The number of nitrogens with zero attached hydrogens (tertiary/aromatic N) is 11. The quantitative estimate of drug-likeness (QED) is 0.0333. The van der Waals surface area contributed by atoms with Crippen molar-refractivity contribution in [2.24, 2.45) is 5.73 Å². The maximum Gasteiger partial charge on any atom is 0.407 e. The van der Waals surface area contributed by atoms with E-state index in [2.05, 4.69) is 52.0 Å². The van der Waals surface area contributed by atoms with Crippen LogP contribution in [-0.4, -0.2) is 91.8 Å². The number of nitro benzene ring substituents is 2. The average Bonchev–Trinajstić information content (AvgIpc) is 4.25. The number of carbonyl (C=O) groups is 3. The Kier molecular flexibility index (Phi) is 19.0. The predicted octanol–water partition coefficient (Wildman–Crippen LogP) is 9.36. The molecule has 0 saturated heterocycles. The van der Waals surface area contributed by atoms with Crippen molar-refractivity contribution in [3.05, 3.63) is 121 Å². The van der Waals surface area contributed by atoms with E-state index < -0.39 is 56.5 Å². The van der Waals surface area contributed by atoms with Gasteiger partial charge in [-0.3, -0.25) is 29.8 Å². The molecule has 23 nitrogen and oxygen atoms in total. The molecule has 0 aliphatic heterocycles. The van der Waals surface area contributed by atoms with Gasteiger partial charge in [-0.25, -0.2) is 32.3 Å². The van der Waals surface area contributed by atoms with Gasteiger partial charge in [0.2, 0.25) is 10.3 Å². The van der Waals surface area contributed by atoms with Crippen molar-refractivity contribution < 1.29 is 42.1 Å². The topological polar surface area (TPSA) is 309 Å². The Morgan fingerprint density at radius 3 is 1.70 bits per heavy atom. The second-order valence-corrected chi connectivity index (χ2v) is 20.7. The summed E-state index contributed by atoms with van der Waals surface area (Å²) in [5.74, 6) is -4.05. The van der Waals surface area contributed by atoms with E-state index in [-0.39, 0.29) is 56.8 Å². The lowest BCUT2D eigenvalue weighted by Gasteiger charge is -2.19. The third kappa shape index (κ3) is 15.0. The molecular weight excluding hydrogens is 1040 g/mol. The van der Waals surface area contributed by atoms with Crippen molar-refractivity contribution >= 4 is 64.3 Å². The summed E-state index contributed by atoms with van der Waals surface area (Å²) in [6, 6.07) is 11.3. The van der Waals surface area contributed by atoms with Crippen LogP contribution in [0, 0.1) is 37.7 Å². The Morgan fingerprint density at radius 2 is 1.21 bits per heavy atom. The standard InChI is InChI=1S/C27H31F2N7O5S.C21H23FN8O3S/c1-27(2,3)41-26(38)30-11-6-12-35-25(32-33-34-35)42-22-10-9-18(36(39)40)15-19(22)24(37)31-23-20(28)13-17(14-21(23)29)16-7-4-5-8-16;22-17-10-14(13-4-1-2-5-13)12-24-19(17)25-20(31)16-11-15(30(32)33)6-7-18(16)34-21-26-27-28-29(21)9-3-8-23/h9-10,13-16H,4-8,11-12H2,1-3H3,(H,30,38)(H,31,37);6-7,10-13H,1-5,8-9,23H2,(H,24,25,31). The molecule has 2 saturated carbocycles. The number of nitrogens with two attached hydrogens (primary N) is 1. The molecule has 3 aromatic heterocycles. The van der Waals surface area contributed by atoms with Crippen molar-refractivity contribution in [3.63, 3.8) is 0 Å². The Bertz CT molecular complexity index is 3050. The SMILES string of the molecule is CC(C)(C)OC(=O)NCCCn1nnnc1Sc1ccc([N+](=O)[O-])cc1C(=O)Nc1c(F)cc(C2CCCC2)cc1F.NCCCn1nnnc1Sc1ccc([N+](=O)[O-])cc1C(=O)Nc1ncc(C2CCCC2)cc1F. The van der Waals surface area contributed by atoms with Gasteiger partial charge in [-0.1, -0.05) is 25.7 Å². The van der Waals surface area contributed by atoms with Crippen LogP contribution in [-0.2, 0) is 17.8 Å². The number of anilines is 2. The Morgan fingerprint density at radius 1 is 0.724 bits per heavy atom. The predicted molar refractivity (Wildman–Crippen MR) is 271 cm³/mol. The summed E-state index contributed by atoms with van der Waals surface area (Å²) in [5.41, 5.74) is 4.77. The maximum atomic E-state index is 15.0. The van der Waals surface area contributed by atoms with E-state index in [4.69, 9.17) is 10.5 Å². The van der Waals surface area contributed by atoms with Gasteiger partial charge in [-0.15, -0.1) is 10.2 Å². The molecule has 0 atom stereocenters. The fourth-order valence-corrected chi connectivity index (χ4v) is 10.2. The summed E-state index contributed by atoms with van der Waals surface area (Å²) >= 11 is 2.02. The number of benzene rings is 3. The van der Waals surface area contributed by atoms with Crippen LogP contribution in [0.15, 0.2) is 80.9 Å². The van der Waals surface area contributed by atoms with E-state index in [0.29, 0.717) is 48.1 Å². The summed E-state index contributed by atoms with van der Waals surface area (Å²) in [4.78, 5) is 64.3. The molecule has 0 bridgehead atoms. The Hall–Kier alpha value is -7.59. The fourth-order valence-electron chi connectivity index (χ4n) is 8.38. The molecule has 0 radical (unpaired) electrons. The third-order valence-corrected chi connectivity index (χ3v) is 14.2. The number of amides is 3. The minimum absolute atomic E-state index is 0.0198. The largest absolute Gasteiger partial charge is 0.444 e. The first-order valence-electron chi connectivity index (χ1n) is 24.3. The summed E-state index contributed by atoms with van der Waals surface area (Å²) < 4.78 is 52.8. The van der Waals surface area contributed by atoms with E-state index in [1.807, 2.05) is 0 Å². The zero-order chi connectivity index (χ0) is 54.5. The van der Waals surface area contributed by atoms with Crippen molar-refractivity contribution in [3.8, 4) is 0 Å². The van der Waals surface area contributed by atoms with Crippen molar-refractivity contribution in [1.29, 1.82) is 0 Å². The highest BCUT2D eigenvalue weighted by molar-refractivity contribution is 7.99.